The molecule has 118 valence electrons. The lowest BCUT2D eigenvalue weighted by atomic mass is 9.97. The maximum atomic E-state index is 13.4. The van der Waals surface area contributed by atoms with E-state index < -0.39 is 12.6 Å². The van der Waals surface area contributed by atoms with E-state index in [0.717, 1.165) is 18.7 Å². The quantitative estimate of drug-likeness (QED) is 0.858. The van der Waals surface area contributed by atoms with Gasteiger partial charge in [-0.2, -0.15) is 13.2 Å². The Bertz CT molecular complexity index is 467. The highest BCUT2D eigenvalue weighted by atomic mass is 19.4. The van der Waals surface area contributed by atoms with Crippen molar-refractivity contribution in [3.63, 3.8) is 0 Å². The predicted molar refractivity (Wildman–Crippen MR) is 73.6 cm³/mol. The zero-order valence-corrected chi connectivity index (χ0v) is 12.0. The lowest BCUT2D eigenvalue weighted by Crippen LogP contribution is -2.45. The molecule has 1 aromatic rings. The molecule has 1 heterocycles. The Balaban J connectivity index is 2.18. The summed E-state index contributed by atoms with van der Waals surface area (Å²) in [6.45, 7) is 4.58. The van der Waals surface area contributed by atoms with Crippen molar-refractivity contribution in [2.24, 2.45) is 0 Å². The summed E-state index contributed by atoms with van der Waals surface area (Å²) in [5, 5.41) is 3.19. The minimum Gasteiger partial charge on any atom is -0.314 e. The Labute approximate surface area is 122 Å². The van der Waals surface area contributed by atoms with E-state index in [9.17, 15) is 17.6 Å². The van der Waals surface area contributed by atoms with Crippen molar-refractivity contribution in [3.05, 3.63) is 35.1 Å². The molecule has 1 saturated heterocycles. The van der Waals surface area contributed by atoms with Crippen molar-refractivity contribution in [1.82, 2.24) is 10.2 Å². The van der Waals surface area contributed by atoms with Crippen LogP contribution in [0.25, 0.3) is 0 Å². The number of piperazine rings is 1. The summed E-state index contributed by atoms with van der Waals surface area (Å²) in [6.07, 6.45) is -4.98. The molecule has 21 heavy (non-hydrogen) atoms. The fraction of sp³-hybridized carbons (Fsp3) is 0.600. The number of nitrogens with zero attached hydrogens (tertiary/aromatic N) is 1. The van der Waals surface area contributed by atoms with Crippen LogP contribution in [0.2, 0.25) is 0 Å². The topological polar surface area (TPSA) is 15.3 Å². The Morgan fingerprint density at radius 1 is 1.24 bits per heavy atom. The number of halogens is 4. The van der Waals surface area contributed by atoms with Crippen molar-refractivity contribution in [1.29, 1.82) is 0 Å². The summed E-state index contributed by atoms with van der Waals surface area (Å²) < 4.78 is 51.0. The van der Waals surface area contributed by atoms with Gasteiger partial charge in [-0.3, -0.25) is 4.90 Å². The minimum absolute atomic E-state index is 0.00850. The molecular weight excluding hydrogens is 284 g/mol. The minimum atomic E-state index is -4.17. The summed E-state index contributed by atoms with van der Waals surface area (Å²) >= 11 is 0. The normalized spacial score (nSPS) is 18.7. The van der Waals surface area contributed by atoms with Gasteiger partial charge in [0.2, 0.25) is 0 Å². The fourth-order valence-electron chi connectivity index (χ4n) is 2.73. The molecule has 6 heteroatoms. The molecule has 0 unspecified atom stereocenters. The lowest BCUT2D eigenvalue weighted by Gasteiger charge is -2.35. The van der Waals surface area contributed by atoms with Crippen LogP contribution < -0.4 is 5.32 Å². The van der Waals surface area contributed by atoms with Crippen LogP contribution in [0.4, 0.5) is 17.6 Å². The van der Waals surface area contributed by atoms with Crippen LogP contribution in [0.1, 0.15) is 30.0 Å². The van der Waals surface area contributed by atoms with Gasteiger partial charge >= 0.3 is 6.18 Å². The molecule has 0 radical (unpaired) electrons. The maximum absolute atomic E-state index is 13.4. The van der Waals surface area contributed by atoms with Crippen LogP contribution in [0, 0.1) is 12.7 Å². The first-order valence-electron chi connectivity index (χ1n) is 7.14. The summed E-state index contributed by atoms with van der Waals surface area (Å²) in [4.78, 5) is 2.05. The predicted octanol–water partition coefficient (Wildman–Crippen LogP) is 3.42. The van der Waals surface area contributed by atoms with Crippen LogP contribution in [0.5, 0.6) is 0 Å². The standard InChI is InChI=1S/C15H20F4N2/c1-11-10-12(2-3-13(11)16)14(4-5-15(17,18)19)21-8-6-20-7-9-21/h2-3,10,14,20H,4-9H2,1H3/t14-/m0/s1. The molecule has 0 spiro atoms. The molecule has 0 amide bonds. The number of alkyl halides is 3. The third-order valence-electron chi connectivity index (χ3n) is 3.86. The number of benzene rings is 1. The average Bonchev–Trinajstić information content (AvgIpc) is 2.43. The zero-order valence-electron chi connectivity index (χ0n) is 12.0. The van der Waals surface area contributed by atoms with Gasteiger partial charge in [0.15, 0.2) is 0 Å². The summed E-state index contributed by atoms with van der Waals surface area (Å²) in [5.74, 6) is -0.325. The molecular formula is C15H20F4N2. The molecule has 1 aliphatic rings. The summed E-state index contributed by atoms with van der Waals surface area (Å²) in [5.41, 5.74) is 1.24. The van der Waals surface area contributed by atoms with Gasteiger partial charge in [-0.15, -0.1) is 0 Å². The SMILES string of the molecule is Cc1cc([C@H](CCC(F)(F)F)N2CCNCC2)ccc1F. The second-order valence-electron chi connectivity index (χ2n) is 5.46. The number of aryl methyl sites for hydroxylation is 1. The van der Waals surface area contributed by atoms with E-state index in [1.807, 2.05) is 0 Å². The second kappa shape index (κ2) is 6.75. The Hall–Kier alpha value is -1.14. The first-order valence-corrected chi connectivity index (χ1v) is 7.14. The molecule has 1 fully saturated rings. The van der Waals surface area contributed by atoms with Crippen molar-refractivity contribution >= 4 is 0 Å². The number of rotatable bonds is 4. The molecule has 1 atom stereocenters. The highest BCUT2D eigenvalue weighted by Gasteiger charge is 2.31. The molecule has 2 rings (SSSR count). The molecule has 0 saturated carbocycles. The average molecular weight is 304 g/mol. The van der Waals surface area contributed by atoms with E-state index in [1.165, 1.54) is 6.07 Å². The fourth-order valence-corrected chi connectivity index (χ4v) is 2.73. The monoisotopic (exact) mass is 304 g/mol. The van der Waals surface area contributed by atoms with Crippen molar-refractivity contribution in [2.75, 3.05) is 26.2 Å². The van der Waals surface area contributed by atoms with Gasteiger partial charge in [0.05, 0.1) is 0 Å². The summed E-state index contributed by atoms with van der Waals surface area (Å²) in [6, 6.07) is 4.30. The van der Waals surface area contributed by atoms with Crippen molar-refractivity contribution in [2.45, 2.75) is 32.0 Å². The Morgan fingerprint density at radius 3 is 2.48 bits per heavy atom. The van der Waals surface area contributed by atoms with Crippen LogP contribution >= 0.6 is 0 Å². The first kappa shape index (κ1) is 16.2. The summed E-state index contributed by atoms with van der Waals surface area (Å²) in [7, 11) is 0. The highest BCUT2D eigenvalue weighted by Crippen LogP contribution is 2.32. The van der Waals surface area contributed by atoms with Gasteiger partial charge < -0.3 is 5.32 Å². The van der Waals surface area contributed by atoms with Crippen LogP contribution in [0.15, 0.2) is 18.2 Å². The van der Waals surface area contributed by atoms with E-state index in [0.29, 0.717) is 18.7 Å². The van der Waals surface area contributed by atoms with Gasteiger partial charge in [-0.1, -0.05) is 12.1 Å². The van der Waals surface area contributed by atoms with Crippen LogP contribution in [-0.4, -0.2) is 37.3 Å². The van der Waals surface area contributed by atoms with Gasteiger partial charge in [0.1, 0.15) is 5.82 Å². The Morgan fingerprint density at radius 2 is 1.90 bits per heavy atom. The van der Waals surface area contributed by atoms with E-state index >= 15 is 0 Å². The Kier molecular flexibility index (Phi) is 5.22. The smallest absolute Gasteiger partial charge is 0.314 e. The second-order valence-corrected chi connectivity index (χ2v) is 5.46. The largest absolute Gasteiger partial charge is 0.389 e. The zero-order chi connectivity index (χ0) is 15.5. The molecule has 0 bridgehead atoms. The highest BCUT2D eigenvalue weighted by molar-refractivity contribution is 5.26. The van der Waals surface area contributed by atoms with Gasteiger partial charge in [-0.25, -0.2) is 4.39 Å². The molecule has 1 aromatic carbocycles. The number of hydrogen-bond donors (Lipinski definition) is 1. The third-order valence-corrected chi connectivity index (χ3v) is 3.86. The molecule has 1 N–H and O–H groups in total. The van der Waals surface area contributed by atoms with E-state index in [4.69, 9.17) is 0 Å². The first-order chi connectivity index (χ1) is 9.87. The molecule has 2 nitrogen and oxygen atoms in total. The van der Waals surface area contributed by atoms with Crippen molar-refractivity contribution in [3.8, 4) is 0 Å². The lowest BCUT2D eigenvalue weighted by molar-refractivity contribution is -0.138. The van der Waals surface area contributed by atoms with Crippen LogP contribution in [-0.2, 0) is 0 Å². The molecule has 0 aromatic heterocycles. The maximum Gasteiger partial charge on any atom is 0.389 e. The van der Waals surface area contributed by atoms with Crippen molar-refractivity contribution < 1.29 is 17.6 Å². The van der Waals surface area contributed by atoms with Gasteiger partial charge in [0, 0.05) is 38.6 Å². The molecule has 1 aliphatic heterocycles. The third kappa shape index (κ3) is 4.68. The van der Waals surface area contributed by atoms with E-state index in [1.54, 1.807) is 19.1 Å². The van der Waals surface area contributed by atoms with Gasteiger partial charge in [0.25, 0.3) is 0 Å². The number of nitrogens with one attached hydrogen (secondary N) is 1. The van der Waals surface area contributed by atoms with Crippen LogP contribution in [0.3, 0.4) is 0 Å². The number of hydrogen-bond acceptors (Lipinski definition) is 2. The van der Waals surface area contributed by atoms with E-state index in [-0.39, 0.29) is 18.3 Å². The van der Waals surface area contributed by atoms with Gasteiger partial charge in [-0.05, 0) is 30.5 Å². The van der Waals surface area contributed by atoms with E-state index in [2.05, 4.69) is 10.2 Å². The molecule has 0 aliphatic carbocycles.